The number of rotatable bonds is 8. The van der Waals surface area contributed by atoms with Crippen LogP contribution in [0, 0.1) is 0 Å². The Kier molecular flexibility index (Phi) is 6.26. The molecule has 0 aliphatic heterocycles. The van der Waals surface area contributed by atoms with Gasteiger partial charge in [0.2, 0.25) is 5.82 Å². The Morgan fingerprint density at radius 1 is 1.10 bits per heavy atom. The first-order valence-corrected chi connectivity index (χ1v) is 11.5. The molecule has 0 radical (unpaired) electrons. The summed E-state index contributed by atoms with van der Waals surface area (Å²) in [5, 5.41) is 24.2. The van der Waals surface area contributed by atoms with Crippen LogP contribution >= 0.6 is 11.8 Å². The highest BCUT2D eigenvalue weighted by atomic mass is 32.2. The molecular weight excluding hydrogens is 412 g/mol. The molecule has 0 spiro atoms. The Morgan fingerprint density at radius 3 is 2.61 bits per heavy atom. The van der Waals surface area contributed by atoms with Crippen LogP contribution in [0.1, 0.15) is 48.5 Å². The molecule has 3 heterocycles. The fourth-order valence-corrected chi connectivity index (χ4v) is 3.64. The van der Waals surface area contributed by atoms with Crippen molar-refractivity contribution < 1.29 is 4.79 Å². The zero-order chi connectivity index (χ0) is 21.8. The van der Waals surface area contributed by atoms with E-state index in [2.05, 4.69) is 30.9 Å². The minimum Gasteiger partial charge on any atom is -0.342 e. The summed E-state index contributed by atoms with van der Waals surface area (Å²) in [5.74, 6) is 1.99. The molecule has 0 bridgehead atoms. The summed E-state index contributed by atoms with van der Waals surface area (Å²) in [6.45, 7) is 3.98. The first-order chi connectivity index (χ1) is 15.1. The standard InChI is InChI=1S/C21H24N8OS/c1-14(2)29-26-19(24-27-29)15-7-9-16(10-8-15)21(30)22-17(11-13-31-3)20-25-23-18-6-4-5-12-28(18)20/h4-10,12,14,17H,11,13H2,1-3H3,(H,22,30). The Hall–Kier alpha value is -3.27. The van der Waals surface area contributed by atoms with Gasteiger partial charge in [-0.1, -0.05) is 18.2 Å². The van der Waals surface area contributed by atoms with Gasteiger partial charge in [0.1, 0.15) is 0 Å². The van der Waals surface area contributed by atoms with Crippen LogP contribution < -0.4 is 5.32 Å². The lowest BCUT2D eigenvalue weighted by atomic mass is 10.1. The average Bonchev–Trinajstić information content (AvgIpc) is 3.44. The molecular formula is C21H24N8OS. The summed E-state index contributed by atoms with van der Waals surface area (Å²) in [4.78, 5) is 14.5. The number of hydrogen-bond acceptors (Lipinski definition) is 7. The van der Waals surface area contributed by atoms with Crippen molar-refractivity contribution in [1.82, 2.24) is 40.1 Å². The summed E-state index contributed by atoms with van der Waals surface area (Å²) in [6.07, 6.45) is 4.71. The number of fused-ring (bicyclic) bond motifs is 1. The van der Waals surface area contributed by atoms with Gasteiger partial charge < -0.3 is 5.32 Å². The van der Waals surface area contributed by atoms with E-state index >= 15 is 0 Å². The number of hydrogen-bond donors (Lipinski definition) is 1. The van der Waals surface area contributed by atoms with E-state index < -0.39 is 0 Å². The predicted molar refractivity (Wildman–Crippen MR) is 120 cm³/mol. The molecule has 0 aliphatic carbocycles. The van der Waals surface area contributed by atoms with Crippen LogP contribution in [-0.4, -0.2) is 52.7 Å². The van der Waals surface area contributed by atoms with Crippen LogP contribution in [0.2, 0.25) is 0 Å². The number of nitrogens with zero attached hydrogens (tertiary/aromatic N) is 7. The number of aromatic nitrogens is 7. The third-order valence-electron chi connectivity index (χ3n) is 4.86. The van der Waals surface area contributed by atoms with Crippen molar-refractivity contribution in [2.24, 2.45) is 0 Å². The van der Waals surface area contributed by atoms with Crippen molar-refractivity contribution in [2.45, 2.75) is 32.4 Å². The first kappa shape index (κ1) is 21.0. The van der Waals surface area contributed by atoms with Crippen molar-refractivity contribution in [3.63, 3.8) is 0 Å². The molecule has 0 aliphatic rings. The van der Waals surface area contributed by atoms with Crippen LogP contribution in [0.5, 0.6) is 0 Å². The number of tetrazole rings is 1. The monoisotopic (exact) mass is 436 g/mol. The number of pyridine rings is 1. The number of amides is 1. The van der Waals surface area contributed by atoms with Gasteiger partial charge in [-0.25, -0.2) is 0 Å². The quantitative estimate of drug-likeness (QED) is 0.452. The lowest BCUT2D eigenvalue weighted by Gasteiger charge is -2.17. The first-order valence-electron chi connectivity index (χ1n) is 10.1. The molecule has 4 rings (SSSR count). The third kappa shape index (κ3) is 4.58. The van der Waals surface area contributed by atoms with Gasteiger partial charge in [-0.05, 0) is 61.8 Å². The van der Waals surface area contributed by atoms with Crippen molar-refractivity contribution >= 4 is 23.3 Å². The van der Waals surface area contributed by atoms with E-state index in [0.29, 0.717) is 11.4 Å². The number of nitrogens with one attached hydrogen (secondary N) is 1. The van der Waals surface area contributed by atoms with Gasteiger partial charge in [0.25, 0.3) is 5.91 Å². The SMILES string of the molecule is CSCCC(NC(=O)c1ccc(-c2nnn(C(C)C)n2)cc1)c1nnc2ccccn12. The summed E-state index contributed by atoms with van der Waals surface area (Å²) >= 11 is 1.73. The number of benzene rings is 1. The lowest BCUT2D eigenvalue weighted by molar-refractivity contribution is 0.0934. The maximum atomic E-state index is 13.0. The molecule has 3 aromatic heterocycles. The van der Waals surface area contributed by atoms with Gasteiger partial charge in [0.05, 0.1) is 12.1 Å². The molecule has 4 aromatic rings. The van der Waals surface area contributed by atoms with Gasteiger partial charge in [0, 0.05) is 17.3 Å². The summed E-state index contributed by atoms with van der Waals surface area (Å²) in [7, 11) is 0. The Balaban J connectivity index is 1.53. The van der Waals surface area contributed by atoms with Crippen LogP contribution in [0.3, 0.4) is 0 Å². The van der Waals surface area contributed by atoms with Gasteiger partial charge in [0.15, 0.2) is 11.5 Å². The normalized spacial score (nSPS) is 12.4. The second-order valence-corrected chi connectivity index (χ2v) is 8.38. The van der Waals surface area contributed by atoms with E-state index in [1.165, 1.54) is 0 Å². The van der Waals surface area contributed by atoms with Crippen LogP contribution in [0.4, 0.5) is 0 Å². The zero-order valence-corrected chi connectivity index (χ0v) is 18.5. The minimum atomic E-state index is -0.246. The Labute approximate surface area is 184 Å². The average molecular weight is 437 g/mol. The number of thioether (sulfide) groups is 1. The molecule has 31 heavy (non-hydrogen) atoms. The van der Waals surface area contributed by atoms with E-state index in [0.717, 1.165) is 29.2 Å². The second-order valence-electron chi connectivity index (χ2n) is 7.40. The molecule has 9 nitrogen and oxygen atoms in total. The third-order valence-corrected chi connectivity index (χ3v) is 5.51. The molecule has 1 N–H and O–H groups in total. The number of carbonyl (C=O) groups is 1. The fraction of sp³-hybridized carbons (Fsp3) is 0.333. The molecule has 1 atom stereocenters. The van der Waals surface area contributed by atoms with Gasteiger partial charge >= 0.3 is 0 Å². The largest absolute Gasteiger partial charge is 0.342 e. The highest BCUT2D eigenvalue weighted by Gasteiger charge is 2.21. The van der Waals surface area contributed by atoms with E-state index in [4.69, 9.17) is 0 Å². The van der Waals surface area contributed by atoms with E-state index in [1.54, 1.807) is 28.7 Å². The molecule has 160 valence electrons. The summed E-state index contributed by atoms with van der Waals surface area (Å²) in [5.41, 5.74) is 2.13. The zero-order valence-electron chi connectivity index (χ0n) is 17.6. The van der Waals surface area contributed by atoms with Crippen LogP contribution in [-0.2, 0) is 0 Å². The van der Waals surface area contributed by atoms with Gasteiger partial charge in [-0.15, -0.1) is 20.4 Å². The van der Waals surface area contributed by atoms with E-state index in [-0.39, 0.29) is 18.0 Å². The summed E-state index contributed by atoms with van der Waals surface area (Å²) in [6, 6.07) is 12.8. The molecule has 0 fully saturated rings. The van der Waals surface area contributed by atoms with Gasteiger partial charge in [-0.3, -0.25) is 9.20 Å². The lowest BCUT2D eigenvalue weighted by Crippen LogP contribution is -2.30. The predicted octanol–water partition coefficient (Wildman–Crippen LogP) is 3.19. The minimum absolute atomic E-state index is 0.137. The maximum absolute atomic E-state index is 13.0. The van der Waals surface area contributed by atoms with Crippen molar-refractivity contribution in [3.8, 4) is 11.4 Å². The molecule has 10 heteroatoms. The molecule has 0 saturated heterocycles. The maximum Gasteiger partial charge on any atom is 0.251 e. The number of carbonyl (C=O) groups excluding carboxylic acids is 1. The van der Waals surface area contributed by atoms with Crippen molar-refractivity contribution in [1.29, 1.82) is 0 Å². The molecule has 0 saturated carbocycles. The Morgan fingerprint density at radius 2 is 1.90 bits per heavy atom. The van der Waals surface area contributed by atoms with Gasteiger partial charge in [-0.2, -0.15) is 16.6 Å². The molecule has 1 aromatic carbocycles. The fourth-order valence-electron chi connectivity index (χ4n) is 3.17. The highest BCUT2D eigenvalue weighted by Crippen LogP contribution is 2.20. The topological polar surface area (TPSA) is 103 Å². The molecule has 1 unspecified atom stereocenters. The summed E-state index contributed by atoms with van der Waals surface area (Å²) < 4.78 is 1.91. The van der Waals surface area contributed by atoms with Crippen LogP contribution in [0.25, 0.3) is 17.0 Å². The van der Waals surface area contributed by atoms with E-state index in [1.807, 2.05) is 61.0 Å². The second kappa shape index (κ2) is 9.25. The Bertz CT molecular complexity index is 1170. The van der Waals surface area contributed by atoms with Crippen molar-refractivity contribution in [2.75, 3.05) is 12.0 Å². The van der Waals surface area contributed by atoms with Crippen LogP contribution in [0.15, 0.2) is 48.7 Å². The highest BCUT2D eigenvalue weighted by molar-refractivity contribution is 7.98. The van der Waals surface area contributed by atoms with Crippen molar-refractivity contribution in [3.05, 3.63) is 60.0 Å². The molecule has 1 amide bonds. The van der Waals surface area contributed by atoms with E-state index in [9.17, 15) is 4.79 Å². The smallest absolute Gasteiger partial charge is 0.251 e.